The second-order valence-corrected chi connectivity index (χ2v) is 2.62. The Kier molecular flexibility index (Phi) is 3.90. The van der Waals surface area contributed by atoms with Gasteiger partial charge in [0, 0.05) is 6.54 Å². The van der Waals surface area contributed by atoms with Crippen LogP contribution in [0.1, 0.15) is 11.7 Å². The van der Waals surface area contributed by atoms with Crippen molar-refractivity contribution in [1.29, 1.82) is 0 Å². The van der Waals surface area contributed by atoms with E-state index in [1.165, 1.54) is 0 Å². The molecular formula is C9H12N2O3. The molecule has 0 aliphatic rings. The van der Waals surface area contributed by atoms with Crippen molar-refractivity contribution in [2.24, 2.45) is 11.6 Å². The molecule has 0 heterocycles. The van der Waals surface area contributed by atoms with E-state index in [2.05, 4.69) is 10.7 Å². The fourth-order valence-corrected chi connectivity index (χ4v) is 1.06. The van der Waals surface area contributed by atoms with Gasteiger partial charge in [0.15, 0.2) is 0 Å². The van der Waals surface area contributed by atoms with Gasteiger partial charge in [-0.3, -0.25) is 0 Å². The van der Waals surface area contributed by atoms with Crippen molar-refractivity contribution in [3.8, 4) is 0 Å². The SMILES string of the molecule is NCC(OC(=O)ON)c1ccccc1. The number of carbonyl (C=O) groups excluding carboxylic acids is 1. The van der Waals surface area contributed by atoms with Gasteiger partial charge in [0.2, 0.25) is 0 Å². The molecule has 0 radical (unpaired) electrons. The molecule has 5 heteroatoms. The first-order valence-electron chi connectivity index (χ1n) is 4.10. The van der Waals surface area contributed by atoms with Gasteiger partial charge in [-0.15, -0.1) is 0 Å². The molecule has 1 rings (SSSR count). The molecule has 1 atom stereocenters. The number of rotatable bonds is 3. The monoisotopic (exact) mass is 196 g/mol. The number of benzene rings is 1. The van der Waals surface area contributed by atoms with Crippen molar-refractivity contribution < 1.29 is 14.4 Å². The number of ether oxygens (including phenoxy) is 1. The van der Waals surface area contributed by atoms with Crippen LogP contribution in [0.25, 0.3) is 0 Å². The molecule has 5 nitrogen and oxygen atoms in total. The Bertz CT molecular complexity index is 289. The quantitative estimate of drug-likeness (QED) is 0.549. The Balaban J connectivity index is 2.68. The summed E-state index contributed by atoms with van der Waals surface area (Å²) in [4.78, 5) is 14.6. The minimum Gasteiger partial charge on any atom is -0.424 e. The van der Waals surface area contributed by atoms with E-state index in [4.69, 9.17) is 10.5 Å². The summed E-state index contributed by atoms with van der Waals surface area (Å²) in [7, 11) is 0. The van der Waals surface area contributed by atoms with Crippen LogP contribution < -0.4 is 11.6 Å². The molecular weight excluding hydrogens is 184 g/mol. The Hall–Kier alpha value is -1.59. The van der Waals surface area contributed by atoms with E-state index in [1.807, 2.05) is 18.2 Å². The largest absolute Gasteiger partial charge is 0.528 e. The van der Waals surface area contributed by atoms with Crippen LogP contribution in [0.3, 0.4) is 0 Å². The third-order valence-electron chi connectivity index (χ3n) is 1.72. The summed E-state index contributed by atoms with van der Waals surface area (Å²) < 4.78 is 4.82. The standard InChI is InChI=1S/C9H12N2O3/c10-6-8(13-9(12)14-11)7-4-2-1-3-5-7/h1-5,8H,6,10-11H2. The maximum Gasteiger partial charge on any atom is 0.528 e. The molecule has 0 aliphatic carbocycles. The van der Waals surface area contributed by atoms with E-state index in [0.29, 0.717) is 0 Å². The zero-order chi connectivity index (χ0) is 10.4. The van der Waals surface area contributed by atoms with Crippen LogP contribution in [0.4, 0.5) is 4.79 Å². The van der Waals surface area contributed by atoms with Crippen molar-refractivity contribution in [3.05, 3.63) is 35.9 Å². The zero-order valence-electron chi connectivity index (χ0n) is 7.55. The molecule has 0 saturated carbocycles. The summed E-state index contributed by atoms with van der Waals surface area (Å²) in [5, 5.41) is 0. The summed E-state index contributed by atoms with van der Waals surface area (Å²) in [5.74, 6) is 4.64. The molecule has 0 aromatic heterocycles. The molecule has 1 aromatic rings. The second-order valence-electron chi connectivity index (χ2n) is 2.62. The van der Waals surface area contributed by atoms with E-state index < -0.39 is 12.3 Å². The fraction of sp³-hybridized carbons (Fsp3) is 0.222. The summed E-state index contributed by atoms with van der Waals surface area (Å²) in [6, 6.07) is 9.13. The van der Waals surface area contributed by atoms with Crippen molar-refractivity contribution in [1.82, 2.24) is 0 Å². The van der Waals surface area contributed by atoms with Crippen molar-refractivity contribution >= 4 is 6.16 Å². The maximum atomic E-state index is 10.7. The first kappa shape index (κ1) is 10.5. The number of nitrogens with two attached hydrogens (primary N) is 2. The number of hydrogen-bond acceptors (Lipinski definition) is 5. The smallest absolute Gasteiger partial charge is 0.424 e. The minimum absolute atomic E-state index is 0.180. The normalized spacial score (nSPS) is 11.9. The summed E-state index contributed by atoms with van der Waals surface area (Å²) in [6.45, 7) is 0.180. The maximum absolute atomic E-state index is 10.7. The Morgan fingerprint density at radius 2 is 2.00 bits per heavy atom. The average molecular weight is 196 g/mol. The molecule has 4 N–H and O–H groups in total. The van der Waals surface area contributed by atoms with Gasteiger partial charge in [0.1, 0.15) is 6.10 Å². The van der Waals surface area contributed by atoms with Crippen molar-refractivity contribution in [2.45, 2.75) is 6.10 Å². The molecule has 0 spiro atoms. The third kappa shape index (κ3) is 2.72. The van der Waals surface area contributed by atoms with E-state index in [0.717, 1.165) is 5.56 Å². The topological polar surface area (TPSA) is 87.6 Å². The van der Waals surface area contributed by atoms with Crippen LogP contribution in [0.2, 0.25) is 0 Å². The summed E-state index contributed by atoms with van der Waals surface area (Å²) in [6.07, 6.45) is -1.46. The van der Waals surface area contributed by atoms with Crippen molar-refractivity contribution in [3.63, 3.8) is 0 Å². The molecule has 0 bridgehead atoms. The zero-order valence-corrected chi connectivity index (χ0v) is 7.55. The first-order valence-corrected chi connectivity index (χ1v) is 4.10. The lowest BCUT2D eigenvalue weighted by Gasteiger charge is -2.14. The molecule has 0 fully saturated rings. The molecule has 76 valence electrons. The molecule has 0 aliphatic heterocycles. The Morgan fingerprint density at radius 3 is 2.50 bits per heavy atom. The van der Waals surface area contributed by atoms with Crippen LogP contribution in [0.15, 0.2) is 30.3 Å². The number of carbonyl (C=O) groups is 1. The molecule has 0 saturated heterocycles. The van der Waals surface area contributed by atoms with Gasteiger partial charge in [-0.05, 0) is 5.56 Å². The highest BCUT2D eigenvalue weighted by atomic mass is 16.8. The highest BCUT2D eigenvalue weighted by Gasteiger charge is 2.14. The molecule has 0 amide bonds. The van der Waals surface area contributed by atoms with E-state index in [1.54, 1.807) is 12.1 Å². The third-order valence-corrected chi connectivity index (χ3v) is 1.72. The van der Waals surface area contributed by atoms with Crippen LogP contribution in [0, 0.1) is 0 Å². The van der Waals surface area contributed by atoms with Gasteiger partial charge in [-0.25, -0.2) is 4.79 Å². The van der Waals surface area contributed by atoms with Gasteiger partial charge in [-0.1, -0.05) is 30.3 Å². The van der Waals surface area contributed by atoms with Crippen LogP contribution in [0.5, 0.6) is 0 Å². The lowest BCUT2D eigenvalue weighted by atomic mass is 10.1. The number of hydrogen-bond donors (Lipinski definition) is 2. The predicted octanol–water partition coefficient (Wildman–Crippen LogP) is 0.713. The Labute approximate surface area is 81.5 Å². The summed E-state index contributed by atoms with van der Waals surface area (Å²) in [5.41, 5.74) is 6.24. The Morgan fingerprint density at radius 1 is 1.36 bits per heavy atom. The second kappa shape index (κ2) is 5.21. The summed E-state index contributed by atoms with van der Waals surface area (Å²) >= 11 is 0. The van der Waals surface area contributed by atoms with E-state index >= 15 is 0 Å². The fourth-order valence-electron chi connectivity index (χ4n) is 1.06. The van der Waals surface area contributed by atoms with Gasteiger partial charge in [0.05, 0.1) is 0 Å². The van der Waals surface area contributed by atoms with Gasteiger partial charge in [-0.2, -0.15) is 5.90 Å². The molecule has 1 aromatic carbocycles. The highest BCUT2D eigenvalue weighted by Crippen LogP contribution is 2.15. The van der Waals surface area contributed by atoms with Crippen LogP contribution in [-0.4, -0.2) is 12.7 Å². The average Bonchev–Trinajstić information content (AvgIpc) is 2.26. The van der Waals surface area contributed by atoms with Crippen LogP contribution in [-0.2, 0) is 9.57 Å². The highest BCUT2D eigenvalue weighted by molar-refractivity contribution is 5.59. The lowest BCUT2D eigenvalue weighted by Crippen LogP contribution is -2.21. The van der Waals surface area contributed by atoms with E-state index in [9.17, 15) is 4.79 Å². The van der Waals surface area contributed by atoms with Crippen molar-refractivity contribution in [2.75, 3.05) is 6.54 Å². The predicted molar refractivity (Wildman–Crippen MR) is 50.0 cm³/mol. The van der Waals surface area contributed by atoms with Gasteiger partial charge >= 0.3 is 6.16 Å². The lowest BCUT2D eigenvalue weighted by molar-refractivity contribution is 0.0250. The minimum atomic E-state index is -0.940. The van der Waals surface area contributed by atoms with Crippen LogP contribution >= 0.6 is 0 Å². The van der Waals surface area contributed by atoms with Gasteiger partial charge in [0.25, 0.3) is 0 Å². The molecule has 14 heavy (non-hydrogen) atoms. The van der Waals surface area contributed by atoms with E-state index in [-0.39, 0.29) is 6.54 Å². The molecule has 1 unspecified atom stereocenters. The first-order chi connectivity index (χ1) is 6.77. The van der Waals surface area contributed by atoms with Gasteiger partial charge < -0.3 is 15.3 Å².